The third-order valence-corrected chi connectivity index (χ3v) is 8.72. The van der Waals surface area contributed by atoms with Crippen LogP contribution in [0.3, 0.4) is 0 Å². The van der Waals surface area contributed by atoms with E-state index in [0.29, 0.717) is 50.2 Å². The van der Waals surface area contributed by atoms with Gasteiger partial charge in [0.05, 0.1) is 17.9 Å². The molecule has 1 saturated carbocycles. The molecule has 0 amide bonds. The maximum absolute atomic E-state index is 13.9. The molecule has 0 radical (unpaired) electrons. The number of hydrogen-bond donors (Lipinski definition) is 1. The number of anilines is 2. The molecular formula is C28H29F4N5O4S. The molecule has 1 aliphatic heterocycles. The van der Waals surface area contributed by atoms with Gasteiger partial charge in [-0.3, -0.25) is 14.4 Å². The molecule has 9 nitrogen and oxygen atoms in total. The van der Waals surface area contributed by atoms with Crippen molar-refractivity contribution >= 4 is 27.6 Å². The lowest BCUT2D eigenvalue weighted by molar-refractivity contribution is -0.151. The number of aromatic nitrogens is 2. The first-order chi connectivity index (χ1) is 19.8. The molecule has 1 saturated heterocycles. The number of carbonyl (C=O) groups excluding carboxylic acids is 1. The summed E-state index contributed by atoms with van der Waals surface area (Å²) in [7, 11) is -4.36. The molecule has 2 aliphatic rings. The number of rotatable bonds is 8. The highest BCUT2D eigenvalue weighted by molar-refractivity contribution is 7.92. The summed E-state index contributed by atoms with van der Waals surface area (Å²) in [6.07, 6.45) is -3.34. The quantitative estimate of drug-likeness (QED) is 0.292. The first kappa shape index (κ1) is 29.7. The summed E-state index contributed by atoms with van der Waals surface area (Å²) >= 11 is 0. The van der Waals surface area contributed by atoms with Crippen molar-refractivity contribution in [2.75, 3.05) is 42.4 Å². The van der Waals surface area contributed by atoms with Gasteiger partial charge in [0.1, 0.15) is 23.0 Å². The number of sulfonamides is 1. The van der Waals surface area contributed by atoms with Crippen LogP contribution in [0, 0.1) is 12.7 Å². The highest BCUT2D eigenvalue weighted by Gasteiger charge is 2.56. The van der Waals surface area contributed by atoms with Crippen LogP contribution in [0.5, 0.6) is 0 Å². The van der Waals surface area contributed by atoms with Gasteiger partial charge in [-0.1, -0.05) is 12.1 Å². The number of alkyl halides is 3. The molecule has 3 aromatic rings. The van der Waals surface area contributed by atoms with Crippen molar-refractivity contribution in [3.63, 3.8) is 0 Å². The number of benzene rings is 1. The second-order valence-electron chi connectivity index (χ2n) is 10.2. The number of piperazine rings is 1. The van der Waals surface area contributed by atoms with Gasteiger partial charge in [-0.15, -0.1) is 0 Å². The summed E-state index contributed by atoms with van der Waals surface area (Å²) in [6, 6.07) is 9.41. The maximum atomic E-state index is 13.9. The number of ether oxygens (including phenoxy) is 1. The minimum atomic E-state index is -4.81. The summed E-state index contributed by atoms with van der Waals surface area (Å²) in [6.45, 7) is 5.72. The second kappa shape index (κ2) is 11.1. The van der Waals surface area contributed by atoms with E-state index in [1.54, 1.807) is 13.0 Å². The van der Waals surface area contributed by atoms with Crippen LogP contribution in [-0.2, 0) is 25.7 Å². The van der Waals surface area contributed by atoms with Crippen molar-refractivity contribution < 1.29 is 35.5 Å². The van der Waals surface area contributed by atoms with Gasteiger partial charge < -0.3 is 9.64 Å². The van der Waals surface area contributed by atoms with Crippen molar-refractivity contribution in [2.45, 2.75) is 43.4 Å². The first-order valence-corrected chi connectivity index (χ1v) is 14.8. The van der Waals surface area contributed by atoms with Crippen LogP contribution in [0.25, 0.3) is 11.3 Å². The van der Waals surface area contributed by atoms with Crippen LogP contribution in [0.2, 0.25) is 0 Å². The SMILES string of the molecule is CCOC(=O)C1(N2CCN(c3cccc(S(=O)(=O)Nc4ccc(C(F)(F)F)c(-c5cc(F)ccc5C)n4)n3)CC2)CC1. The Morgan fingerprint density at radius 2 is 1.76 bits per heavy atom. The summed E-state index contributed by atoms with van der Waals surface area (Å²) in [5, 5.41) is -0.349. The zero-order chi connectivity index (χ0) is 30.3. The Balaban J connectivity index is 1.36. The number of pyridine rings is 2. The van der Waals surface area contributed by atoms with Crippen LogP contribution < -0.4 is 9.62 Å². The van der Waals surface area contributed by atoms with E-state index < -0.39 is 38.8 Å². The number of hydrogen-bond acceptors (Lipinski definition) is 8. The van der Waals surface area contributed by atoms with E-state index in [4.69, 9.17) is 4.74 Å². The van der Waals surface area contributed by atoms with Crippen LogP contribution >= 0.6 is 0 Å². The fourth-order valence-electron chi connectivity index (χ4n) is 5.12. The average Bonchev–Trinajstić information content (AvgIpc) is 3.76. The van der Waals surface area contributed by atoms with E-state index >= 15 is 0 Å². The number of halogens is 4. The zero-order valence-electron chi connectivity index (χ0n) is 22.9. The molecule has 1 aliphatic carbocycles. The Labute approximate surface area is 240 Å². The van der Waals surface area contributed by atoms with Gasteiger partial charge in [-0.05, 0) is 68.7 Å². The predicted molar refractivity (Wildman–Crippen MR) is 147 cm³/mol. The molecular weight excluding hydrogens is 578 g/mol. The number of aryl methyl sites for hydroxylation is 1. The van der Waals surface area contributed by atoms with Gasteiger partial charge in [0.2, 0.25) is 0 Å². The third kappa shape index (κ3) is 5.91. The highest BCUT2D eigenvalue weighted by Crippen LogP contribution is 2.43. The Hall–Kier alpha value is -3.78. The maximum Gasteiger partial charge on any atom is 0.418 e. The summed E-state index contributed by atoms with van der Waals surface area (Å²) < 4.78 is 89.2. The topological polar surface area (TPSA) is 105 Å². The third-order valence-electron chi connectivity index (χ3n) is 7.47. The molecule has 1 N–H and O–H groups in total. The van der Waals surface area contributed by atoms with Crippen LogP contribution in [0.1, 0.15) is 30.9 Å². The molecule has 2 aromatic heterocycles. The minimum absolute atomic E-state index is 0.112. The molecule has 14 heteroatoms. The molecule has 3 heterocycles. The smallest absolute Gasteiger partial charge is 0.418 e. The molecule has 0 bridgehead atoms. The summed E-state index contributed by atoms with van der Waals surface area (Å²) in [4.78, 5) is 24.7. The Bertz CT molecular complexity index is 1600. The molecule has 5 rings (SSSR count). The summed E-state index contributed by atoms with van der Waals surface area (Å²) in [5.74, 6) is -0.957. The van der Waals surface area contributed by atoms with Gasteiger partial charge in [0.15, 0.2) is 5.03 Å². The molecule has 0 atom stereocenters. The normalized spacial score (nSPS) is 17.1. The summed E-state index contributed by atoms with van der Waals surface area (Å²) in [5.41, 5.74) is -2.09. The Morgan fingerprint density at radius 3 is 2.40 bits per heavy atom. The Morgan fingerprint density at radius 1 is 1.05 bits per heavy atom. The number of esters is 1. The van der Waals surface area contributed by atoms with E-state index in [0.717, 1.165) is 31.0 Å². The molecule has 1 aromatic carbocycles. The van der Waals surface area contributed by atoms with Crippen molar-refractivity contribution in [1.82, 2.24) is 14.9 Å². The van der Waals surface area contributed by atoms with Gasteiger partial charge in [-0.25, -0.2) is 14.4 Å². The highest BCUT2D eigenvalue weighted by atomic mass is 32.2. The van der Waals surface area contributed by atoms with E-state index in [1.165, 1.54) is 25.1 Å². The zero-order valence-corrected chi connectivity index (χ0v) is 23.7. The van der Waals surface area contributed by atoms with Crippen molar-refractivity contribution in [3.8, 4) is 11.3 Å². The number of carbonyl (C=O) groups is 1. The van der Waals surface area contributed by atoms with Crippen molar-refractivity contribution in [1.29, 1.82) is 0 Å². The van der Waals surface area contributed by atoms with Gasteiger partial charge in [0.25, 0.3) is 10.0 Å². The fraction of sp³-hybridized carbons (Fsp3) is 0.393. The molecule has 2 fully saturated rings. The lowest BCUT2D eigenvalue weighted by atomic mass is 10.0. The fourth-order valence-corrected chi connectivity index (χ4v) is 6.08. The van der Waals surface area contributed by atoms with Crippen molar-refractivity contribution in [2.24, 2.45) is 0 Å². The number of nitrogens with one attached hydrogen (secondary N) is 1. The largest absolute Gasteiger partial charge is 0.465 e. The van der Waals surface area contributed by atoms with E-state index in [9.17, 15) is 30.8 Å². The van der Waals surface area contributed by atoms with Crippen LogP contribution in [0.15, 0.2) is 53.6 Å². The average molecular weight is 608 g/mol. The monoisotopic (exact) mass is 607 g/mol. The van der Waals surface area contributed by atoms with Crippen LogP contribution in [0.4, 0.5) is 29.2 Å². The standard InChI is InChI=1S/C28H29F4N5O4S/c1-3-41-26(38)27(11-12-27)37-15-13-36(14-16-37)23-5-4-6-24(34-23)42(39,40)35-22-10-9-21(28(30,31)32)25(33-22)20-17-19(29)8-7-18(20)2/h4-10,17H,3,11-16H2,1-2H3,(H,33,35). The van der Waals surface area contributed by atoms with E-state index in [-0.39, 0.29) is 22.4 Å². The lowest BCUT2D eigenvalue weighted by Gasteiger charge is -2.39. The van der Waals surface area contributed by atoms with Gasteiger partial charge in [-0.2, -0.15) is 21.6 Å². The van der Waals surface area contributed by atoms with E-state index in [2.05, 4.69) is 19.6 Å². The lowest BCUT2D eigenvalue weighted by Crippen LogP contribution is -2.54. The Kier molecular flexibility index (Phi) is 7.88. The van der Waals surface area contributed by atoms with E-state index in [1.807, 2.05) is 4.90 Å². The second-order valence-corrected chi connectivity index (χ2v) is 11.8. The molecule has 0 unspecified atom stereocenters. The van der Waals surface area contributed by atoms with Crippen molar-refractivity contribution in [3.05, 3.63) is 65.5 Å². The van der Waals surface area contributed by atoms with Gasteiger partial charge in [0, 0.05) is 31.7 Å². The van der Waals surface area contributed by atoms with Crippen LogP contribution in [-0.4, -0.2) is 67.6 Å². The molecule has 224 valence electrons. The van der Waals surface area contributed by atoms with Gasteiger partial charge >= 0.3 is 12.1 Å². The number of nitrogens with zero attached hydrogens (tertiary/aromatic N) is 4. The minimum Gasteiger partial charge on any atom is -0.465 e. The first-order valence-electron chi connectivity index (χ1n) is 13.4. The predicted octanol–water partition coefficient (Wildman–Crippen LogP) is 4.63. The molecule has 42 heavy (non-hydrogen) atoms. The molecule has 0 spiro atoms.